The van der Waals surface area contributed by atoms with Gasteiger partial charge in [-0.25, -0.2) is 16.8 Å². The van der Waals surface area contributed by atoms with Crippen LogP contribution in [0.3, 0.4) is 0 Å². The fourth-order valence-corrected chi connectivity index (χ4v) is 6.22. The molecule has 5 N–H and O–H groups in total. The van der Waals surface area contributed by atoms with Gasteiger partial charge in [-0.05, 0) is 66.2 Å². The predicted octanol–water partition coefficient (Wildman–Crippen LogP) is 0.298. The number of nitrogens with two attached hydrogens (primary N) is 2. The number of hydrogen-bond donors (Lipinski definition) is 3. The van der Waals surface area contributed by atoms with E-state index >= 15 is 0 Å². The molecule has 0 aromatic heterocycles. The summed E-state index contributed by atoms with van der Waals surface area (Å²) in [6, 6.07) is 25.8. The molecule has 5 aromatic carbocycles. The second-order valence-corrected chi connectivity index (χ2v) is 13.1. The first-order valence-electron chi connectivity index (χ1n) is 14.1. The van der Waals surface area contributed by atoms with E-state index in [9.17, 15) is 30.7 Å². The molecule has 0 atom stereocenters. The standard InChI is InChI=1S/C32H24N8O7S2.2Na/c33-24-14-15-25(23-9-5-4-8-22(23)24)38-35-20-10-12-21(13-11-20)37-39-30-26(48(42,43)44)16-18-17-27(49(45,46)47)31(32(41)28(18)29(30)34)40-36-19-6-2-1-3-7-19;;/h1-17,36H,33-34H2,(H,42,43,44)(H,45,46,47);;/q;2*+1/p-2/b38-35?,39-37?,40-31+;;. The first-order valence-corrected chi connectivity index (χ1v) is 16.9. The maximum Gasteiger partial charge on any atom is 1.00 e. The molecule has 0 aliphatic heterocycles. The van der Waals surface area contributed by atoms with Gasteiger partial charge in [-0.1, -0.05) is 42.5 Å². The van der Waals surface area contributed by atoms with E-state index in [4.69, 9.17) is 11.5 Å². The number of fused-ring (bicyclic) bond motifs is 2. The molecule has 6 rings (SSSR count). The zero-order valence-electron chi connectivity index (χ0n) is 26.9. The molecule has 1 aliphatic rings. The third-order valence-electron chi connectivity index (χ3n) is 7.23. The zero-order chi connectivity index (χ0) is 34.9. The van der Waals surface area contributed by atoms with Crippen molar-refractivity contribution in [2.75, 3.05) is 16.9 Å². The molecule has 19 heteroatoms. The number of hydrazone groups is 1. The number of nitrogen functional groups attached to an aromatic ring is 2. The minimum atomic E-state index is -5.32. The Bertz CT molecular complexity index is 2510. The Kier molecular flexibility index (Phi) is 12.5. The molecule has 15 nitrogen and oxygen atoms in total. The quantitative estimate of drug-likeness (QED) is 0.0644. The van der Waals surface area contributed by atoms with Crippen LogP contribution in [0, 0.1) is 0 Å². The number of benzene rings is 5. The molecule has 0 saturated heterocycles. The van der Waals surface area contributed by atoms with Crippen molar-refractivity contribution in [1.29, 1.82) is 0 Å². The van der Waals surface area contributed by atoms with Crippen molar-refractivity contribution < 1.29 is 89.9 Å². The normalized spacial score (nSPS) is 13.9. The first kappa shape index (κ1) is 39.6. The number of ketones is 1. The van der Waals surface area contributed by atoms with E-state index in [2.05, 4.69) is 31.0 Å². The maximum atomic E-state index is 13.6. The predicted molar refractivity (Wildman–Crippen MR) is 181 cm³/mol. The van der Waals surface area contributed by atoms with Gasteiger partial charge in [0.05, 0.1) is 43.8 Å². The van der Waals surface area contributed by atoms with Gasteiger partial charge in [0, 0.05) is 16.5 Å². The average Bonchev–Trinajstić information content (AvgIpc) is 3.07. The van der Waals surface area contributed by atoms with Gasteiger partial charge in [0.1, 0.15) is 31.6 Å². The van der Waals surface area contributed by atoms with Crippen LogP contribution in [0.25, 0.3) is 16.8 Å². The number of rotatable bonds is 8. The SMILES string of the molecule is Nc1c(N=Nc2ccc(N=Nc3ccc(N)c4ccccc34)cc2)c(S(=O)(=O)[O-])cc2c1C(=O)/C(=N/Nc1ccccc1)C(S(=O)(=O)[O-])=C2.[Na+].[Na+]. The van der Waals surface area contributed by atoms with Crippen molar-refractivity contribution in [3.63, 3.8) is 0 Å². The summed E-state index contributed by atoms with van der Waals surface area (Å²) in [6.45, 7) is 0. The van der Waals surface area contributed by atoms with E-state index in [-0.39, 0.29) is 64.8 Å². The molecule has 1 aliphatic carbocycles. The number of carbonyl (C=O) groups excluding carboxylic acids is 1. The van der Waals surface area contributed by atoms with Crippen LogP contribution >= 0.6 is 0 Å². The number of allylic oxidation sites excluding steroid dienone is 1. The minimum absolute atomic E-state index is 0. The number of azo groups is 2. The van der Waals surface area contributed by atoms with Crippen LogP contribution in [0.15, 0.2) is 132 Å². The van der Waals surface area contributed by atoms with Gasteiger partial charge in [0.15, 0.2) is 0 Å². The number of para-hydroxylation sites is 1. The van der Waals surface area contributed by atoms with Crippen molar-refractivity contribution >= 4 is 88.4 Å². The van der Waals surface area contributed by atoms with Gasteiger partial charge in [-0.3, -0.25) is 10.2 Å². The Morgan fingerprint density at radius 3 is 1.86 bits per heavy atom. The van der Waals surface area contributed by atoms with Gasteiger partial charge in [0.2, 0.25) is 5.78 Å². The van der Waals surface area contributed by atoms with Crippen molar-refractivity contribution in [1.82, 2.24) is 0 Å². The summed E-state index contributed by atoms with van der Waals surface area (Å²) in [5, 5.41) is 21.9. The molecule has 0 radical (unpaired) electrons. The monoisotopic (exact) mass is 740 g/mol. The second-order valence-electron chi connectivity index (χ2n) is 10.4. The number of Topliss-reactive ketones (excluding diaryl/α,β-unsaturated/α-hetero) is 1. The molecule has 0 amide bonds. The van der Waals surface area contributed by atoms with Gasteiger partial charge in [0.25, 0.3) is 0 Å². The van der Waals surface area contributed by atoms with Gasteiger partial charge < -0.3 is 20.6 Å². The topological polar surface area (TPSA) is 257 Å². The Morgan fingerprint density at radius 1 is 0.667 bits per heavy atom. The fraction of sp³-hybridized carbons (Fsp3) is 0. The smallest absolute Gasteiger partial charge is 0.744 e. The van der Waals surface area contributed by atoms with E-state index in [0.29, 0.717) is 28.8 Å². The van der Waals surface area contributed by atoms with Crippen molar-refractivity contribution in [3.05, 3.63) is 113 Å². The molecule has 0 saturated carbocycles. The molecule has 5 aromatic rings. The van der Waals surface area contributed by atoms with Gasteiger partial charge >= 0.3 is 59.1 Å². The van der Waals surface area contributed by atoms with E-state index in [0.717, 1.165) is 16.8 Å². The summed E-state index contributed by atoms with van der Waals surface area (Å²) in [7, 11) is -10.6. The third-order valence-corrected chi connectivity index (χ3v) is 8.93. The molecule has 0 bridgehead atoms. The van der Waals surface area contributed by atoms with Crippen LogP contribution < -0.4 is 76.0 Å². The van der Waals surface area contributed by atoms with Gasteiger partial charge in [-0.2, -0.15) is 15.3 Å². The number of carbonyl (C=O) groups is 1. The molecule has 0 spiro atoms. The largest absolute Gasteiger partial charge is 1.00 e. The Morgan fingerprint density at radius 2 is 1.25 bits per heavy atom. The van der Waals surface area contributed by atoms with E-state index in [1.54, 1.807) is 54.6 Å². The maximum absolute atomic E-state index is 13.6. The zero-order valence-corrected chi connectivity index (χ0v) is 32.5. The Balaban J connectivity index is 0.00000292. The summed E-state index contributed by atoms with van der Waals surface area (Å²) in [5.74, 6) is -1.14. The summed E-state index contributed by atoms with van der Waals surface area (Å²) in [6.07, 6.45) is 0.719. The molecule has 0 unspecified atom stereocenters. The number of nitrogens with one attached hydrogen (secondary N) is 1. The van der Waals surface area contributed by atoms with Crippen molar-refractivity contribution in [2.24, 2.45) is 25.6 Å². The van der Waals surface area contributed by atoms with Crippen molar-refractivity contribution in [3.8, 4) is 0 Å². The van der Waals surface area contributed by atoms with Crippen molar-refractivity contribution in [2.45, 2.75) is 4.90 Å². The molecular weight excluding hydrogens is 719 g/mol. The van der Waals surface area contributed by atoms with Crippen LogP contribution in [-0.4, -0.2) is 37.4 Å². The first-order chi connectivity index (χ1) is 23.3. The molecule has 0 heterocycles. The van der Waals surface area contributed by atoms with Crippen LogP contribution in [-0.2, 0) is 20.2 Å². The summed E-state index contributed by atoms with van der Waals surface area (Å²) in [5.41, 5.74) is 14.0. The second kappa shape index (κ2) is 16.0. The average molecular weight is 741 g/mol. The number of anilines is 3. The molecule has 246 valence electrons. The van der Waals surface area contributed by atoms with Crippen LogP contribution in [0.5, 0.6) is 0 Å². The van der Waals surface area contributed by atoms with Gasteiger partial charge in [-0.15, -0.1) is 10.2 Å². The van der Waals surface area contributed by atoms with Crippen LogP contribution in [0.1, 0.15) is 15.9 Å². The van der Waals surface area contributed by atoms with E-state index in [1.165, 1.54) is 12.1 Å². The number of hydrogen-bond acceptors (Lipinski definition) is 15. The molecular formula is C32H22N8Na2O7S2. The summed E-state index contributed by atoms with van der Waals surface area (Å²) in [4.78, 5) is 11.5. The van der Waals surface area contributed by atoms with Crippen LogP contribution in [0.2, 0.25) is 0 Å². The summed E-state index contributed by atoms with van der Waals surface area (Å²) < 4.78 is 73.1. The Hall–Kier alpha value is -4.14. The Labute approximate surface area is 335 Å². The van der Waals surface area contributed by atoms with E-state index < -0.39 is 64.0 Å². The molecule has 51 heavy (non-hydrogen) atoms. The molecule has 0 fully saturated rings. The van der Waals surface area contributed by atoms with E-state index in [1.807, 2.05) is 24.3 Å². The summed E-state index contributed by atoms with van der Waals surface area (Å²) >= 11 is 0. The third kappa shape index (κ3) is 8.67. The minimum Gasteiger partial charge on any atom is -0.744 e. The number of nitrogens with zero attached hydrogens (tertiary/aromatic N) is 5. The fourth-order valence-electron chi connectivity index (χ4n) is 4.92. The van der Waals surface area contributed by atoms with Crippen LogP contribution in [0.4, 0.5) is 39.8 Å².